The average molecular weight is 249 g/mol. The van der Waals surface area contributed by atoms with Crippen molar-refractivity contribution >= 4 is 11.6 Å². The van der Waals surface area contributed by atoms with E-state index in [1.165, 1.54) is 5.56 Å². The summed E-state index contributed by atoms with van der Waals surface area (Å²) in [4.78, 5) is 13.7. The van der Waals surface area contributed by atoms with Gasteiger partial charge in [0, 0.05) is 18.3 Å². The van der Waals surface area contributed by atoms with E-state index in [0.717, 1.165) is 12.2 Å². The van der Waals surface area contributed by atoms with E-state index in [1.807, 2.05) is 52.2 Å². The van der Waals surface area contributed by atoms with Gasteiger partial charge in [0.25, 0.3) is 0 Å². The monoisotopic (exact) mass is 249 g/mol. The Labute approximate surface area is 109 Å². The largest absolute Gasteiger partial charge is 0.325 e. The molecule has 0 bridgehead atoms. The molecule has 1 aromatic rings. The summed E-state index contributed by atoms with van der Waals surface area (Å²) in [7, 11) is 4.07. The molecule has 2 N–H and O–H groups in total. The number of anilines is 1. The summed E-state index contributed by atoms with van der Waals surface area (Å²) in [5.74, 6) is -0.0101. The lowest BCUT2D eigenvalue weighted by Gasteiger charge is -2.11. The van der Waals surface area contributed by atoms with Crippen LogP contribution in [0.1, 0.15) is 19.4 Å². The standard InChI is InChI=1S/C14H23N3O/c1-11(2)15-9-14(18)16-13-7-5-12(6-8-13)10-17(3)4/h5-8,11,15H,9-10H2,1-4H3,(H,16,18). The fourth-order valence-electron chi connectivity index (χ4n) is 1.56. The minimum Gasteiger partial charge on any atom is -0.325 e. The highest BCUT2D eigenvalue weighted by molar-refractivity contribution is 5.92. The second kappa shape index (κ2) is 7.13. The van der Waals surface area contributed by atoms with Crippen LogP contribution in [0.5, 0.6) is 0 Å². The molecule has 4 nitrogen and oxygen atoms in total. The van der Waals surface area contributed by atoms with E-state index in [9.17, 15) is 4.79 Å². The second-order valence-corrected chi connectivity index (χ2v) is 5.02. The van der Waals surface area contributed by atoms with Gasteiger partial charge in [-0.25, -0.2) is 0 Å². The topological polar surface area (TPSA) is 44.4 Å². The van der Waals surface area contributed by atoms with Gasteiger partial charge in [-0.1, -0.05) is 26.0 Å². The first kappa shape index (κ1) is 14.7. The summed E-state index contributed by atoms with van der Waals surface area (Å²) in [6, 6.07) is 8.26. The van der Waals surface area contributed by atoms with E-state index >= 15 is 0 Å². The maximum absolute atomic E-state index is 11.6. The molecule has 4 heteroatoms. The molecule has 0 atom stereocenters. The summed E-state index contributed by atoms with van der Waals surface area (Å²) in [6.07, 6.45) is 0. The number of benzene rings is 1. The van der Waals surface area contributed by atoms with Crippen LogP contribution in [0.2, 0.25) is 0 Å². The van der Waals surface area contributed by atoms with Crippen LogP contribution in [0, 0.1) is 0 Å². The summed E-state index contributed by atoms with van der Waals surface area (Å²) in [5.41, 5.74) is 2.08. The summed E-state index contributed by atoms with van der Waals surface area (Å²) >= 11 is 0. The highest BCUT2D eigenvalue weighted by Crippen LogP contribution is 2.10. The molecule has 0 saturated heterocycles. The molecule has 1 aromatic carbocycles. The molecule has 18 heavy (non-hydrogen) atoms. The van der Waals surface area contributed by atoms with Crippen molar-refractivity contribution in [1.82, 2.24) is 10.2 Å². The third-order valence-electron chi connectivity index (χ3n) is 2.41. The second-order valence-electron chi connectivity index (χ2n) is 5.02. The summed E-state index contributed by atoms with van der Waals surface area (Å²) in [5, 5.41) is 5.95. The SMILES string of the molecule is CC(C)NCC(=O)Nc1ccc(CN(C)C)cc1. The van der Waals surface area contributed by atoms with Crippen LogP contribution < -0.4 is 10.6 Å². The maximum Gasteiger partial charge on any atom is 0.238 e. The number of carbonyl (C=O) groups excluding carboxylic acids is 1. The first-order valence-corrected chi connectivity index (χ1v) is 6.24. The van der Waals surface area contributed by atoms with E-state index in [1.54, 1.807) is 0 Å². The Hall–Kier alpha value is -1.39. The molecule has 0 aromatic heterocycles. The van der Waals surface area contributed by atoms with Gasteiger partial charge in [0.05, 0.1) is 6.54 Å². The Morgan fingerprint density at radius 1 is 1.22 bits per heavy atom. The maximum atomic E-state index is 11.6. The molecular formula is C14H23N3O. The van der Waals surface area contributed by atoms with Crippen LogP contribution in [0.3, 0.4) is 0 Å². The van der Waals surface area contributed by atoms with Gasteiger partial charge in [0.15, 0.2) is 0 Å². The van der Waals surface area contributed by atoms with Crippen molar-refractivity contribution in [2.75, 3.05) is 26.0 Å². The van der Waals surface area contributed by atoms with Crippen LogP contribution >= 0.6 is 0 Å². The van der Waals surface area contributed by atoms with Gasteiger partial charge in [-0.05, 0) is 31.8 Å². The van der Waals surface area contributed by atoms with Gasteiger partial charge >= 0.3 is 0 Å². The number of nitrogens with one attached hydrogen (secondary N) is 2. The predicted molar refractivity (Wildman–Crippen MR) is 75.6 cm³/mol. The van der Waals surface area contributed by atoms with E-state index in [4.69, 9.17) is 0 Å². The molecule has 0 aliphatic heterocycles. The van der Waals surface area contributed by atoms with Gasteiger partial charge in [-0.15, -0.1) is 0 Å². The number of hydrogen-bond donors (Lipinski definition) is 2. The predicted octanol–water partition coefficient (Wildman–Crippen LogP) is 1.68. The van der Waals surface area contributed by atoms with Crippen molar-refractivity contribution in [1.29, 1.82) is 0 Å². The van der Waals surface area contributed by atoms with E-state index in [0.29, 0.717) is 12.6 Å². The molecule has 0 aliphatic rings. The lowest BCUT2D eigenvalue weighted by atomic mass is 10.2. The molecule has 0 unspecified atom stereocenters. The Kier molecular flexibility index (Phi) is 5.82. The normalized spacial score (nSPS) is 11.0. The Bertz CT molecular complexity index is 371. The van der Waals surface area contributed by atoms with Gasteiger partial charge in [0.2, 0.25) is 5.91 Å². The van der Waals surface area contributed by atoms with E-state index < -0.39 is 0 Å². The minimum absolute atomic E-state index is 0.0101. The Balaban J connectivity index is 2.45. The zero-order valence-electron chi connectivity index (χ0n) is 11.7. The van der Waals surface area contributed by atoms with Crippen molar-refractivity contribution in [2.45, 2.75) is 26.4 Å². The molecule has 0 fully saturated rings. The minimum atomic E-state index is -0.0101. The molecule has 1 amide bonds. The highest BCUT2D eigenvalue weighted by Gasteiger charge is 2.03. The first-order chi connectivity index (χ1) is 8.47. The third-order valence-corrected chi connectivity index (χ3v) is 2.41. The van der Waals surface area contributed by atoms with Gasteiger partial charge in [-0.2, -0.15) is 0 Å². The van der Waals surface area contributed by atoms with Crippen molar-refractivity contribution < 1.29 is 4.79 Å². The number of rotatable bonds is 6. The molecule has 0 spiro atoms. The van der Waals surface area contributed by atoms with Gasteiger partial charge < -0.3 is 15.5 Å². The zero-order valence-corrected chi connectivity index (χ0v) is 11.7. The Morgan fingerprint density at radius 2 is 1.83 bits per heavy atom. The van der Waals surface area contributed by atoms with Gasteiger partial charge in [-0.3, -0.25) is 4.79 Å². The number of amides is 1. The molecule has 100 valence electrons. The third kappa shape index (κ3) is 5.80. The highest BCUT2D eigenvalue weighted by atomic mass is 16.1. The molecule has 0 aliphatic carbocycles. The average Bonchev–Trinajstić information content (AvgIpc) is 2.28. The van der Waals surface area contributed by atoms with Crippen molar-refractivity contribution in [3.8, 4) is 0 Å². The van der Waals surface area contributed by atoms with Crippen LogP contribution in [-0.2, 0) is 11.3 Å². The fourth-order valence-corrected chi connectivity index (χ4v) is 1.56. The smallest absolute Gasteiger partial charge is 0.238 e. The van der Waals surface area contributed by atoms with Crippen LogP contribution in [0.25, 0.3) is 0 Å². The molecule has 0 saturated carbocycles. The molecule has 1 rings (SSSR count). The first-order valence-electron chi connectivity index (χ1n) is 6.24. The Morgan fingerprint density at radius 3 is 2.33 bits per heavy atom. The fraction of sp³-hybridized carbons (Fsp3) is 0.500. The van der Waals surface area contributed by atoms with Crippen molar-refractivity contribution in [3.05, 3.63) is 29.8 Å². The van der Waals surface area contributed by atoms with Crippen molar-refractivity contribution in [3.63, 3.8) is 0 Å². The summed E-state index contributed by atoms with van der Waals surface area (Å²) < 4.78 is 0. The van der Waals surface area contributed by atoms with E-state index in [-0.39, 0.29) is 5.91 Å². The lowest BCUT2D eigenvalue weighted by Crippen LogP contribution is -2.32. The van der Waals surface area contributed by atoms with Crippen LogP contribution in [0.4, 0.5) is 5.69 Å². The van der Waals surface area contributed by atoms with E-state index in [2.05, 4.69) is 15.5 Å². The molecule has 0 radical (unpaired) electrons. The molecule has 0 heterocycles. The van der Waals surface area contributed by atoms with Crippen molar-refractivity contribution in [2.24, 2.45) is 0 Å². The van der Waals surface area contributed by atoms with Crippen LogP contribution in [-0.4, -0.2) is 37.5 Å². The quantitative estimate of drug-likeness (QED) is 0.806. The lowest BCUT2D eigenvalue weighted by molar-refractivity contribution is -0.115. The summed E-state index contributed by atoms with van der Waals surface area (Å²) in [6.45, 7) is 5.28. The zero-order chi connectivity index (χ0) is 13.5. The number of nitrogens with zero attached hydrogens (tertiary/aromatic N) is 1. The van der Waals surface area contributed by atoms with Gasteiger partial charge in [0.1, 0.15) is 0 Å². The molecular weight excluding hydrogens is 226 g/mol. The van der Waals surface area contributed by atoms with Crippen LogP contribution in [0.15, 0.2) is 24.3 Å². The number of carbonyl (C=O) groups is 1. The number of hydrogen-bond acceptors (Lipinski definition) is 3.